The number of alkyl halides is 1. The Kier molecular flexibility index (Phi) is 2.76. The zero-order valence-electron chi connectivity index (χ0n) is 8.92. The van der Waals surface area contributed by atoms with Gasteiger partial charge in [0.05, 0.1) is 0 Å². The molecule has 2 nitrogen and oxygen atoms in total. The molecule has 0 unspecified atom stereocenters. The molecule has 1 heterocycles. The molecule has 0 radical (unpaired) electrons. The number of nitrogens with zero attached hydrogens (tertiary/aromatic N) is 1. The van der Waals surface area contributed by atoms with Crippen LogP contribution in [0.2, 0.25) is 0 Å². The molecule has 1 aromatic heterocycles. The van der Waals surface area contributed by atoms with Gasteiger partial charge < -0.3 is 0 Å². The number of pyridine rings is 1. The van der Waals surface area contributed by atoms with E-state index in [0.717, 1.165) is 10.9 Å². The first kappa shape index (κ1) is 10.7. The predicted molar refractivity (Wildman–Crippen MR) is 63.9 cm³/mol. The normalized spacial score (nSPS) is 36.8. The molecule has 2 fully saturated rings. The van der Waals surface area contributed by atoms with Crippen LogP contribution in [0.1, 0.15) is 19.3 Å². The Balaban J connectivity index is 1.78. The molecule has 86 valence electrons. The molecule has 16 heavy (non-hydrogen) atoms. The van der Waals surface area contributed by atoms with E-state index in [4.69, 9.17) is 11.6 Å². The maximum absolute atomic E-state index is 9.68. The van der Waals surface area contributed by atoms with E-state index in [1.54, 1.807) is 18.0 Å². The van der Waals surface area contributed by atoms with Crippen LogP contribution in [-0.2, 0) is 0 Å². The average Bonchev–Trinajstić information content (AvgIpc) is 2.85. The molecule has 4 heteroatoms. The molecule has 1 N–H and O–H groups in total. The summed E-state index contributed by atoms with van der Waals surface area (Å²) < 4.78 is 1.19. The summed E-state index contributed by atoms with van der Waals surface area (Å²) in [5.41, 5.74) is 0. The Labute approximate surface area is 105 Å². The van der Waals surface area contributed by atoms with Crippen LogP contribution in [0.4, 0.5) is 0 Å². The summed E-state index contributed by atoms with van der Waals surface area (Å²) in [5, 5.41) is 11.3. The Bertz CT molecular complexity index is 398. The summed E-state index contributed by atoms with van der Waals surface area (Å²) in [6.07, 6.45) is 5.55. The van der Waals surface area contributed by atoms with Crippen molar-refractivity contribution in [1.29, 1.82) is 0 Å². The highest BCUT2D eigenvalue weighted by atomic mass is 35.5. The number of hydrogen-bond acceptors (Lipinski definition) is 2. The van der Waals surface area contributed by atoms with E-state index < -0.39 is 0 Å². The number of rotatable bonds is 2. The standard InChI is InChI=1S/C12H15ClNOS/c13-11-8-4-5-9(7-8)12(11)16-10-3-1-2-6-14(10)15/h1-3,6,8-9,11-12,15H,4-5,7H2/q+1/t8-,9-,11+,12-/m0/s1. The van der Waals surface area contributed by atoms with Crippen molar-refractivity contribution in [2.45, 2.75) is 34.9 Å². The van der Waals surface area contributed by atoms with Gasteiger partial charge in [-0.15, -0.1) is 11.6 Å². The van der Waals surface area contributed by atoms with Gasteiger partial charge in [-0.25, -0.2) is 0 Å². The van der Waals surface area contributed by atoms with Crippen molar-refractivity contribution in [2.24, 2.45) is 11.8 Å². The van der Waals surface area contributed by atoms with Gasteiger partial charge in [0, 0.05) is 27.5 Å². The maximum Gasteiger partial charge on any atom is 0.291 e. The summed E-state index contributed by atoms with van der Waals surface area (Å²) in [5.74, 6) is 1.46. The first-order valence-corrected chi connectivity index (χ1v) is 7.08. The van der Waals surface area contributed by atoms with Crippen molar-refractivity contribution < 1.29 is 9.94 Å². The molecular formula is C12H15ClNOS+. The highest BCUT2D eigenvalue weighted by molar-refractivity contribution is 7.99. The molecule has 3 rings (SSSR count). The molecule has 0 amide bonds. The van der Waals surface area contributed by atoms with E-state index in [9.17, 15) is 5.21 Å². The lowest BCUT2D eigenvalue weighted by molar-refractivity contribution is -0.932. The van der Waals surface area contributed by atoms with Crippen molar-refractivity contribution in [3.63, 3.8) is 0 Å². The van der Waals surface area contributed by atoms with Crippen LogP contribution in [0.15, 0.2) is 29.4 Å². The minimum atomic E-state index is 0.281. The van der Waals surface area contributed by atoms with Crippen molar-refractivity contribution in [3.05, 3.63) is 24.4 Å². The summed E-state index contributed by atoms with van der Waals surface area (Å²) in [7, 11) is 0. The van der Waals surface area contributed by atoms with E-state index in [1.165, 1.54) is 24.0 Å². The van der Waals surface area contributed by atoms with E-state index in [0.29, 0.717) is 11.2 Å². The van der Waals surface area contributed by atoms with Gasteiger partial charge in [0.25, 0.3) is 5.03 Å². The van der Waals surface area contributed by atoms with Gasteiger partial charge in [-0.3, -0.25) is 5.21 Å². The molecule has 2 aliphatic carbocycles. The maximum atomic E-state index is 9.68. The number of fused-ring (bicyclic) bond motifs is 2. The van der Waals surface area contributed by atoms with E-state index >= 15 is 0 Å². The van der Waals surface area contributed by atoms with Crippen LogP contribution in [0, 0.1) is 11.8 Å². The van der Waals surface area contributed by atoms with Crippen LogP contribution in [0.5, 0.6) is 0 Å². The molecule has 2 aliphatic rings. The SMILES string of the molecule is O[n+]1ccccc1S[C@H]1[C@H]2CC[C@@H](C2)[C@H]1Cl. The monoisotopic (exact) mass is 256 g/mol. The van der Waals surface area contributed by atoms with Gasteiger partial charge in [0.1, 0.15) is 0 Å². The Hall–Kier alpha value is -0.410. The van der Waals surface area contributed by atoms with E-state index in [-0.39, 0.29) is 5.38 Å². The largest absolute Gasteiger partial charge is 0.291 e. The van der Waals surface area contributed by atoms with Crippen molar-refractivity contribution in [3.8, 4) is 0 Å². The zero-order chi connectivity index (χ0) is 11.1. The number of hydrogen-bond donors (Lipinski definition) is 1. The predicted octanol–water partition coefficient (Wildman–Crippen LogP) is 2.71. The summed E-state index contributed by atoms with van der Waals surface area (Å²) in [6.45, 7) is 0. The Morgan fingerprint density at radius 2 is 2.12 bits per heavy atom. The molecule has 0 aliphatic heterocycles. The fourth-order valence-electron chi connectivity index (χ4n) is 2.98. The third kappa shape index (κ3) is 1.70. The summed E-state index contributed by atoms with van der Waals surface area (Å²) in [6, 6.07) is 5.72. The number of halogens is 1. The van der Waals surface area contributed by atoms with Gasteiger partial charge in [-0.05, 0) is 48.9 Å². The third-order valence-electron chi connectivity index (χ3n) is 3.80. The fraction of sp³-hybridized carbons (Fsp3) is 0.583. The molecule has 2 bridgehead atoms. The highest BCUT2D eigenvalue weighted by Crippen LogP contribution is 2.52. The quantitative estimate of drug-likeness (QED) is 0.500. The zero-order valence-corrected chi connectivity index (χ0v) is 10.5. The van der Waals surface area contributed by atoms with Gasteiger partial charge in [0.2, 0.25) is 6.20 Å². The van der Waals surface area contributed by atoms with Crippen LogP contribution in [0.3, 0.4) is 0 Å². The second kappa shape index (κ2) is 4.11. The Morgan fingerprint density at radius 3 is 2.81 bits per heavy atom. The fourth-order valence-corrected chi connectivity index (χ4v) is 4.97. The second-order valence-electron chi connectivity index (χ2n) is 4.74. The third-order valence-corrected chi connectivity index (χ3v) is 6.09. The molecule has 1 aromatic rings. The average molecular weight is 257 g/mol. The molecular weight excluding hydrogens is 242 g/mol. The number of aromatic nitrogens is 1. The minimum absolute atomic E-state index is 0.281. The lowest BCUT2D eigenvalue weighted by Gasteiger charge is -2.24. The molecule has 2 saturated carbocycles. The minimum Gasteiger partial charge on any atom is -0.284 e. The van der Waals surface area contributed by atoms with Crippen molar-refractivity contribution >= 4 is 23.4 Å². The van der Waals surface area contributed by atoms with Crippen molar-refractivity contribution in [2.75, 3.05) is 0 Å². The van der Waals surface area contributed by atoms with Crippen LogP contribution >= 0.6 is 23.4 Å². The van der Waals surface area contributed by atoms with Gasteiger partial charge in [-0.2, -0.15) is 0 Å². The lowest BCUT2D eigenvalue weighted by Crippen LogP contribution is -2.34. The topological polar surface area (TPSA) is 24.1 Å². The van der Waals surface area contributed by atoms with Crippen LogP contribution in [-0.4, -0.2) is 15.8 Å². The number of thioether (sulfide) groups is 1. The van der Waals surface area contributed by atoms with Crippen LogP contribution < -0.4 is 4.73 Å². The smallest absolute Gasteiger partial charge is 0.284 e. The van der Waals surface area contributed by atoms with Gasteiger partial charge in [0.15, 0.2) is 0 Å². The highest BCUT2D eigenvalue weighted by Gasteiger charge is 2.48. The van der Waals surface area contributed by atoms with Crippen molar-refractivity contribution in [1.82, 2.24) is 0 Å². The van der Waals surface area contributed by atoms with Gasteiger partial charge in [-0.1, -0.05) is 0 Å². The molecule has 0 saturated heterocycles. The first-order chi connectivity index (χ1) is 7.75. The molecule has 0 spiro atoms. The molecule has 4 atom stereocenters. The van der Waals surface area contributed by atoms with E-state index in [1.807, 2.05) is 18.2 Å². The van der Waals surface area contributed by atoms with Gasteiger partial charge >= 0.3 is 0 Å². The first-order valence-electron chi connectivity index (χ1n) is 5.76. The Morgan fingerprint density at radius 1 is 1.31 bits per heavy atom. The van der Waals surface area contributed by atoms with Crippen LogP contribution in [0.25, 0.3) is 0 Å². The summed E-state index contributed by atoms with van der Waals surface area (Å²) >= 11 is 8.20. The second-order valence-corrected chi connectivity index (χ2v) is 6.45. The summed E-state index contributed by atoms with van der Waals surface area (Å²) in [4.78, 5) is 0. The van der Waals surface area contributed by atoms with E-state index in [2.05, 4.69) is 0 Å². The molecule has 0 aromatic carbocycles. The lowest BCUT2D eigenvalue weighted by atomic mass is 10.00.